The molecule has 0 radical (unpaired) electrons. The highest BCUT2D eigenvalue weighted by Gasteiger charge is 2.11. The monoisotopic (exact) mass is 322 g/mol. The van der Waals surface area contributed by atoms with Crippen molar-refractivity contribution in [2.45, 2.75) is 37.6 Å². The molecule has 0 unspecified atom stereocenters. The van der Waals surface area contributed by atoms with E-state index in [0.717, 1.165) is 24.5 Å². The van der Waals surface area contributed by atoms with Crippen molar-refractivity contribution in [3.05, 3.63) is 45.4 Å². The molecule has 0 aliphatic heterocycles. The molecule has 0 aliphatic carbocycles. The molecule has 0 bridgehead atoms. The van der Waals surface area contributed by atoms with Gasteiger partial charge in [0.25, 0.3) is 0 Å². The molecule has 0 atom stereocenters. The predicted molar refractivity (Wildman–Crippen MR) is 90.9 cm³/mol. The van der Waals surface area contributed by atoms with Crippen LogP contribution in [0, 0.1) is 6.92 Å². The van der Waals surface area contributed by atoms with Crippen LogP contribution in [0.1, 0.15) is 28.1 Å². The van der Waals surface area contributed by atoms with E-state index in [1.807, 2.05) is 11.8 Å². The van der Waals surface area contributed by atoms with Crippen LogP contribution in [0.3, 0.4) is 0 Å². The first-order valence-electron chi connectivity index (χ1n) is 7.09. The van der Waals surface area contributed by atoms with E-state index in [1.165, 1.54) is 20.3 Å². The molecule has 2 aromatic rings. The third kappa shape index (κ3) is 5.11. The summed E-state index contributed by atoms with van der Waals surface area (Å²) in [6.45, 7) is 6.68. The minimum absolute atomic E-state index is 0.590. The van der Waals surface area contributed by atoms with Crippen LogP contribution in [0.2, 0.25) is 0 Å². The summed E-state index contributed by atoms with van der Waals surface area (Å²) in [6.07, 6.45) is 0. The third-order valence-corrected chi connectivity index (χ3v) is 5.28. The highest BCUT2D eigenvalue weighted by molar-refractivity contribution is 7.98. The Balaban J connectivity index is 2.02. The fraction of sp³-hybridized carbons (Fsp3) is 0.438. The standard InChI is InChI=1S/C16H22N2OS2/c1-4-17-9-15-14(10-19-3)18-16(21-15)11-20-13-7-5-6-12(2)8-13/h5-8,17H,4,9-11H2,1-3H3. The fourth-order valence-corrected chi connectivity index (χ4v) is 4.02. The summed E-state index contributed by atoms with van der Waals surface area (Å²) in [5, 5.41) is 4.53. The maximum Gasteiger partial charge on any atom is 0.104 e. The molecule has 0 saturated carbocycles. The molecule has 1 heterocycles. The lowest BCUT2D eigenvalue weighted by atomic mass is 10.2. The van der Waals surface area contributed by atoms with Gasteiger partial charge in [-0.05, 0) is 25.6 Å². The number of thioether (sulfide) groups is 1. The summed E-state index contributed by atoms with van der Waals surface area (Å²) in [5.74, 6) is 0.914. The Kier molecular flexibility index (Phi) is 6.70. The quantitative estimate of drug-likeness (QED) is 0.745. The van der Waals surface area contributed by atoms with E-state index >= 15 is 0 Å². The van der Waals surface area contributed by atoms with Gasteiger partial charge in [-0.3, -0.25) is 0 Å². The highest BCUT2D eigenvalue weighted by Crippen LogP contribution is 2.27. The van der Waals surface area contributed by atoms with Gasteiger partial charge in [-0.1, -0.05) is 24.6 Å². The first-order chi connectivity index (χ1) is 10.2. The second-order valence-corrected chi connectivity index (χ2v) is 7.01. The molecule has 0 aliphatic rings. The number of aryl methyl sites for hydroxylation is 1. The van der Waals surface area contributed by atoms with Crippen molar-refractivity contribution < 1.29 is 4.74 Å². The molecule has 3 nitrogen and oxygen atoms in total. The molecule has 0 spiro atoms. The first kappa shape index (κ1) is 16.5. The van der Waals surface area contributed by atoms with Crippen molar-refractivity contribution in [3.8, 4) is 0 Å². The Morgan fingerprint density at radius 2 is 2.24 bits per heavy atom. The average molecular weight is 322 g/mol. The summed E-state index contributed by atoms with van der Waals surface area (Å²) in [7, 11) is 1.72. The van der Waals surface area contributed by atoms with Crippen molar-refractivity contribution in [1.82, 2.24) is 10.3 Å². The second kappa shape index (κ2) is 8.54. The lowest BCUT2D eigenvalue weighted by molar-refractivity contribution is 0.181. The van der Waals surface area contributed by atoms with E-state index < -0.39 is 0 Å². The molecule has 1 N–H and O–H groups in total. The predicted octanol–water partition coefficient (Wildman–Crippen LogP) is 4.00. The van der Waals surface area contributed by atoms with Crippen LogP contribution in [-0.4, -0.2) is 18.6 Å². The van der Waals surface area contributed by atoms with Gasteiger partial charge in [-0.15, -0.1) is 23.1 Å². The Morgan fingerprint density at radius 3 is 2.95 bits per heavy atom. The molecule has 21 heavy (non-hydrogen) atoms. The summed E-state index contributed by atoms with van der Waals surface area (Å²) in [6, 6.07) is 8.60. The Labute approximate surface area is 135 Å². The molecular formula is C16H22N2OS2. The van der Waals surface area contributed by atoms with Crippen molar-refractivity contribution in [2.24, 2.45) is 0 Å². The van der Waals surface area contributed by atoms with E-state index in [0.29, 0.717) is 6.61 Å². The number of nitrogens with one attached hydrogen (secondary N) is 1. The molecule has 0 saturated heterocycles. The average Bonchev–Trinajstić information content (AvgIpc) is 2.86. The van der Waals surface area contributed by atoms with Crippen molar-refractivity contribution >= 4 is 23.1 Å². The maximum atomic E-state index is 5.25. The van der Waals surface area contributed by atoms with Crippen molar-refractivity contribution in [3.63, 3.8) is 0 Å². The van der Waals surface area contributed by atoms with Gasteiger partial charge < -0.3 is 10.1 Å². The molecule has 2 rings (SSSR count). The number of hydrogen-bond donors (Lipinski definition) is 1. The fourth-order valence-electron chi connectivity index (χ4n) is 1.97. The maximum absolute atomic E-state index is 5.25. The normalized spacial score (nSPS) is 11.0. The van der Waals surface area contributed by atoms with E-state index in [9.17, 15) is 0 Å². The van der Waals surface area contributed by atoms with Gasteiger partial charge in [0.2, 0.25) is 0 Å². The number of nitrogens with zero attached hydrogens (tertiary/aromatic N) is 1. The van der Waals surface area contributed by atoms with Crippen molar-refractivity contribution in [1.29, 1.82) is 0 Å². The number of rotatable bonds is 8. The topological polar surface area (TPSA) is 34.2 Å². The number of benzene rings is 1. The Morgan fingerprint density at radius 1 is 1.38 bits per heavy atom. The van der Waals surface area contributed by atoms with Crippen molar-refractivity contribution in [2.75, 3.05) is 13.7 Å². The van der Waals surface area contributed by atoms with Gasteiger partial charge in [-0.25, -0.2) is 4.98 Å². The molecule has 1 aromatic heterocycles. The Hall–Kier alpha value is -0.880. The lowest BCUT2D eigenvalue weighted by Crippen LogP contribution is -2.12. The van der Waals surface area contributed by atoms with Gasteiger partial charge in [0.05, 0.1) is 18.1 Å². The van der Waals surface area contributed by atoms with Crippen LogP contribution in [-0.2, 0) is 23.6 Å². The number of aromatic nitrogens is 1. The largest absolute Gasteiger partial charge is 0.378 e. The van der Waals surface area contributed by atoms with E-state index in [1.54, 1.807) is 18.4 Å². The van der Waals surface area contributed by atoms with Gasteiger partial charge in [0.15, 0.2) is 0 Å². The molecule has 0 amide bonds. The summed E-state index contributed by atoms with van der Waals surface area (Å²) in [4.78, 5) is 7.31. The van der Waals surface area contributed by atoms with Crippen LogP contribution < -0.4 is 5.32 Å². The van der Waals surface area contributed by atoms with Crippen LogP contribution in [0.5, 0.6) is 0 Å². The zero-order chi connectivity index (χ0) is 15.1. The summed E-state index contributed by atoms with van der Waals surface area (Å²) >= 11 is 3.63. The van der Waals surface area contributed by atoms with Gasteiger partial charge in [0.1, 0.15) is 5.01 Å². The van der Waals surface area contributed by atoms with E-state index in [4.69, 9.17) is 9.72 Å². The van der Waals surface area contributed by atoms with Crippen LogP contribution in [0.15, 0.2) is 29.2 Å². The smallest absolute Gasteiger partial charge is 0.104 e. The summed E-state index contributed by atoms with van der Waals surface area (Å²) in [5.41, 5.74) is 2.37. The molecule has 0 fully saturated rings. The third-order valence-electron chi connectivity index (χ3n) is 2.99. The SMILES string of the molecule is CCNCc1sc(CSc2cccc(C)c2)nc1COC. The van der Waals surface area contributed by atoms with Crippen LogP contribution >= 0.6 is 23.1 Å². The zero-order valence-corrected chi connectivity index (χ0v) is 14.4. The Bertz CT molecular complexity index is 569. The number of methoxy groups -OCH3 is 1. The molecular weight excluding hydrogens is 300 g/mol. The first-order valence-corrected chi connectivity index (χ1v) is 8.89. The van der Waals surface area contributed by atoms with Gasteiger partial charge >= 0.3 is 0 Å². The zero-order valence-electron chi connectivity index (χ0n) is 12.8. The van der Waals surface area contributed by atoms with Gasteiger partial charge in [0, 0.05) is 23.4 Å². The highest BCUT2D eigenvalue weighted by atomic mass is 32.2. The summed E-state index contributed by atoms with van der Waals surface area (Å²) < 4.78 is 5.25. The lowest BCUT2D eigenvalue weighted by Gasteiger charge is -2.00. The van der Waals surface area contributed by atoms with Crippen LogP contribution in [0.25, 0.3) is 0 Å². The molecule has 5 heteroatoms. The van der Waals surface area contributed by atoms with Gasteiger partial charge in [-0.2, -0.15) is 0 Å². The minimum atomic E-state index is 0.590. The van der Waals surface area contributed by atoms with E-state index in [2.05, 4.69) is 43.4 Å². The number of thiazole rings is 1. The second-order valence-electron chi connectivity index (χ2n) is 4.80. The number of ether oxygens (including phenoxy) is 1. The van der Waals surface area contributed by atoms with E-state index in [-0.39, 0.29) is 0 Å². The minimum Gasteiger partial charge on any atom is -0.378 e. The number of hydrogen-bond acceptors (Lipinski definition) is 5. The molecule has 1 aromatic carbocycles. The molecule has 114 valence electrons. The van der Waals surface area contributed by atoms with Crippen LogP contribution in [0.4, 0.5) is 0 Å².